The van der Waals surface area contributed by atoms with Gasteiger partial charge in [0.2, 0.25) is 5.91 Å². The van der Waals surface area contributed by atoms with Crippen molar-refractivity contribution in [2.75, 3.05) is 38.0 Å². The Morgan fingerprint density at radius 3 is 2.47 bits per heavy atom. The van der Waals surface area contributed by atoms with Crippen LogP contribution in [-0.4, -0.2) is 32.8 Å². The van der Waals surface area contributed by atoms with Gasteiger partial charge in [-0.2, -0.15) is 0 Å². The highest BCUT2D eigenvalue weighted by Gasteiger charge is 2.10. The van der Waals surface area contributed by atoms with Gasteiger partial charge in [-0.25, -0.2) is 0 Å². The van der Waals surface area contributed by atoms with Gasteiger partial charge in [0.05, 0.1) is 42.0 Å². The van der Waals surface area contributed by atoms with Crippen LogP contribution in [0.25, 0.3) is 0 Å². The van der Waals surface area contributed by atoms with E-state index in [1.807, 2.05) is 0 Å². The normalized spacial score (nSPS) is 10.5. The highest BCUT2D eigenvalue weighted by atomic mass is 35.5. The van der Waals surface area contributed by atoms with Gasteiger partial charge in [0.25, 0.3) is 0 Å². The zero-order valence-corrected chi connectivity index (χ0v) is 12.1. The van der Waals surface area contributed by atoms with E-state index in [1.165, 1.54) is 12.1 Å². The maximum Gasteiger partial charge on any atom is 0.226 e. The number of nitrogens with two attached hydrogens (primary N) is 1. The van der Waals surface area contributed by atoms with Crippen molar-refractivity contribution in [3.8, 4) is 0 Å². The minimum absolute atomic E-state index is 0.209. The van der Waals surface area contributed by atoms with E-state index in [1.54, 1.807) is 7.11 Å². The number of hydrogen-bond donors (Lipinski definition) is 2. The minimum Gasteiger partial charge on any atom is -0.399 e. The van der Waals surface area contributed by atoms with Gasteiger partial charge < -0.3 is 20.5 Å². The van der Waals surface area contributed by atoms with Gasteiger partial charge in [-0.3, -0.25) is 4.79 Å². The molecule has 5 nitrogen and oxygen atoms in total. The van der Waals surface area contributed by atoms with Crippen LogP contribution in [0.15, 0.2) is 12.1 Å². The summed E-state index contributed by atoms with van der Waals surface area (Å²) < 4.78 is 10.0. The van der Waals surface area contributed by atoms with Crippen molar-refractivity contribution >= 4 is 40.5 Å². The number of rotatable bonds is 7. The van der Waals surface area contributed by atoms with E-state index in [2.05, 4.69) is 5.32 Å². The molecule has 0 spiro atoms. The van der Waals surface area contributed by atoms with Gasteiger partial charge in [-0.05, 0) is 12.1 Å². The maximum atomic E-state index is 11.7. The van der Waals surface area contributed by atoms with Gasteiger partial charge in [-0.15, -0.1) is 0 Å². The first-order chi connectivity index (χ1) is 9.04. The molecule has 0 fully saturated rings. The van der Waals surface area contributed by atoms with Crippen molar-refractivity contribution in [2.24, 2.45) is 0 Å². The summed E-state index contributed by atoms with van der Waals surface area (Å²) >= 11 is 11.9. The Kier molecular flexibility index (Phi) is 6.94. The predicted octanol–water partition coefficient (Wildman–Crippen LogP) is 2.57. The molecule has 1 rings (SSSR count). The van der Waals surface area contributed by atoms with Gasteiger partial charge in [0.1, 0.15) is 0 Å². The molecule has 0 aromatic heterocycles. The molecule has 0 bridgehead atoms. The van der Waals surface area contributed by atoms with Crippen molar-refractivity contribution in [1.29, 1.82) is 0 Å². The average Bonchev–Trinajstić information content (AvgIpc) is 2.33. The maximum absolute atomic E-state index is 11.7. The fraction of sp³-hybridized carbons (Fsp3) is 0.417. The lowest BCUT2D eigenvalue weighted by molar-refractivity contribution is -0.117. The number of ether oxygens (including phenoxy) is 2. The molecule has 0 atom stereocenters. The zero-order chi connectivity index (χ0) is 14.3. The second kappa shape index (κ2) is 8.22. The monoisotopic (exact) mass is 306 g/mol. The van der Waals surface area contributed by atoms with E-state index in [4.69, 9.17) is 38.4 Å². The number of benzene rings is 1. The number of carbonyl (C=O) groups excluding carboxylic acids is 1. The molecule has 0 aliphatic carbocycles. The van der Waals surface area contributed by atoms with Crippen molar-refractivity contribution in [3.05, 3.63) is 22.2 Å². The van der Waals surface area contributed by atoms with Crippen LogP contribution in [0, 0.1) is 0 Å². The van der Waals surface area contributed by atoms with E-state index in [9.17, 15) is 4.79 Å². The second-order valence-electron chi connectivity index (χ2n) is 3.76. The zero-order valence-electron chi connectivity index (χ0n) is 10.5. The van der Waals surface area contributed by atoms with Crippen LogP contribution in [0.1, 0.15) is 6.42 Å². The van der Waals surface area contributed by atoms with Crippen LogP contribution in [-0.2, 0) is 14.3 Å². The molecule has 0 unspecified atom stereocenters. The standard InChI is InChI=1S/C12H16Cl2N2O3/c1-18-4-5-19-3-2-11(17)16-12-9(13)6-8(15)7-10(12)14/h6-7H,2-5,15H2,1H3,(H,16,17). The highest BCUT2D eigenvalue weighted by molar-refractivity contribution is 6.40. The lowest BCUT2D eigenvalue weighted by Gasteiger charge is -2.10. The Hall–Kier alpha value is -1.01. The van der Waals surface area contributed by atoms with Crippen molar-refractivity contribution in [2.45, 2.75) is 6.42 Å². The molecule has 0 saturated heterocycles. The molecule has 0 saturated carbocycles. The smallest absolute Gasteiger partial charge is 0.226 e. The molecule has 0 heterocycles. The summed E-state index contributed by atoms with van der Waals surface area (Å²) in [6.07, 6.45) is 0.209. The SMILES string of the molecule is COCCOCCC(=O)Nc1c(Cl)cc(N)cc1Cl. The number of halogens is 2. The third-order valence-corrected chi connectivity index (χ3v) is 2.83. The first-order valence-electron chi connectivity index (χ1n) is 5.65. The molecule has 0 aliphatic heterocycles. The second-order valence-corrected chi connectivity index (χ2v) is 4.58. The first-order valence-corrected chi connectivity index (χ1v) is 6.41. The molecule has 1 amide bonds. The summed E-state index contributed by atoms with van der Waals surface area (Å²) in [7, 11) is 1.58. The number of anilines is 2. The number of carbonyl (C=O) groups is 1. The number of methoxy groups -OCH3 is 1. The number of amides is 1. The van der Waals surface area contributed by atoms with Crippen molar-refractivity contribution in [1.82, 2.24) is 0 Å². The van der Waals surface area contributed by atoms with Gasteiger partial charge in [-0.1, -0.05) is 23.2 Å². The summed E-state index contributed by atoms with van der Waals surface area (Å²) in [4.78, 5) is 11.7. The van der Waals surface area contributed by atoms with Crippen LogP contribution >= 0.6 is 23.2 Å². The van der Waals surface area contributed by atoms with Crippen LogP contribution in [0.2, 0.25) is 10.0 Å². The Balaban J connectivity index is 2.44. The van der Waals surface area contributed by atoms with Crippen molar-refractivity contribution < 1.29 is 14.3 Å². The highest BCUT2D eigenvalue weighted by Crippen LogP contribution is 2.32. The van der Waals surface area contributed by atoms with Gasteiger partial charge in [0.15, 0.2) is 0 Å². The summed E-state index contributed by atoms with van der Waals surface area (Å²) in [6, 6.07) is 3.05. The third kappa shape index (κ3) is 5.65. The lowest BCUT2D eigenvalue weighted by atomic mass is 10.2. The van der Waals surface area contributed by atoms with E-state index in [0.717, 1.165) is 0 Å². The van der Waals surface area contributed by atoms with Gasteiger partial charge in [0, 0.05) is 12.8 Å². The minimum atomic E-state index is -0.231. The van der Waals surface area contributed by atoms with E-state index in [0.29, 0.717) is 41.2 Å². The van der Waals surface area contributed by atoms with Gasteiger partial charge >= 0.3 is 0 Å². The molecule has 19 heavy (non-hydrogen) atoms. The molecular weight excluding hydrogens is 291 g/mol. The summed E-state index contributed by atoms with van der Waals surface area (Å²) in [5.41, 5.74) is 6.37. The number of nitrogen functional groups attached to an aromatic ring is 1. The van der Waals surface area contributed by atoms with Crippen LogP contribution in [0.5, 0.6) is 0 Å². The average molecular weight is 307 g/mol. The topological polar surface area (TPSA) is 73.6 Å². The molecule has 3 N–H and O–H groups in total. The Morgan fingerprint density at radius 1 is 1.26 bits per heavy atom. The van der Waals surface area contributed by atoms with E-state index >= 15 is 0 Å². The molecule has 1 aromatic carbocycles. The Bertz CT molecular complexity index is 418. The Labute approximate surface area is 122 Å². The molecule has 106 valence electrons. The third-order valence-electron chi connectivity index (χ3n) is 2.23. The van der Waals surface area contributed by atoms with E-state index in [-0.39, 0.29) is 12.3 Å². The fourth-order valence-corrected chi connectivity index (χ4v) is 1.92. The van der Waals surface area contributed by atoms with Crippen LogP contribution < -0.4 is 11.1 Å². The molecular formula is C12H16Cl2N2O3. The van der Waals surface area contributed by atoms with Crippen molar-refractivity contribution in [3.63, 3.8) is 0 Å². The van der Waals surface area contributed by atoms with Crippen LogP contribution in [0.3, 0.4) is 0 Å². The number of nitrogens with one attached hydrogen (secondary N) is 1. The van der Waals surface area contributed by atoms with E-state index < -0.39 is 0 Å². The summed E-state index contributed by atoms with van der Waals surface area (Å²) in [5, 5.41) is 3.24. The first kappa shape index (κ1) is 16.0. The Morgan fingerprint density at radius 2 is 1.89 bits per heavy atom. The molecule has 0 aliphatic rings. The fourth-order valence-electron chi connectivity index (χ4n) is 1.32. The predicted molar refractivity (Wildman–Crippen MR) is 76.8 cm³/mol. The quantitative estimate of drug-likeness (QED) is 0.600. The number of hydrogen-bond acceptors (Lipinski definition) is 4. The molecule has 7 heteroatoms. The summed E-state index contributed by atoms with van der Waals surface area (Å²) in [6.45, 7) is 1.25. The molecule has 1 aromatic rings. The molecule has 0 radical (unpaired) electrons. The lowest BCUT2D eigenvalue weighted by Crippen LogP contribution is -2.15. The largest absolute Gasteiger partial charge is 0.399 e. The van der Waals surface area contributed by atoms with Crippen LogP contribution in [0.4, 0.5) is 11.4 Å². The summed E-state index contributed by atoms with van der Waals surface area (Å²) in [5.74, 6) is -0.231.